The van der Waals surface area contributed by atoms with Crippen molar-refractivity contribution < 1.29 is 14.7 Å². The Morgan fingerprint density at radius 3 is 2.76 bits per heavy atom. The number of hydrogen-bond acceptors (Lipinski definition) is 2. The molecule has 2 unspecified atom stereocenters. The molecule has 0 heterocycles. The molecule has 1 fully saturated rings. The first-order chi connectivity index (χ1) is 8.15. The number of carbonyl (C=O) groups is 2. The van der Waals surface area contributed by atoms with E-state index >= 15 is 0 Å². The van der Waals surface area contributed by atoms with Crippen LogP contribution in [0.15, 0.2) is 12.7 Å². The molecule has 3 N–H and O–H groups in total. The van der Waals surface area contributed by atoms with Crippen molar-refractivity contribution in [3.63, 3.8) is 0 Å². The number of nitrogens with one attached hydrogen (secondary N) is 2. The second-order valence-electron chi connectivity index (χ2n) is 4.35. The van der Waals surface area contributed by atoms with Crippen molar-refractivity contribution in [3.8, 4) is 0 Å². The summed E-state index contributed by atoms with van der Waals surface area (Å²) in [5.74, 6) is -0.984. The van der Waals surface area contributed by atoms with E-state index in [1.807, 2.05) is 0 Å². The zero-order chi connectivity index (χ0) is 12.7. The van der Waals surface area contributed by atoms with Crippen molar-refractivity contribution in [3.05, 3.63) is 12.7 Å². The highest BCUT2D eigenvalue weighted by Crippen LogP contribution is 2.31. The van der Waals surface area contributed by atoms with Crippen molar-refractivity contribution >= 4 is 12.0 Å². The van der Waals surface area contributed by atoms with Crippen LogP contribution in [0.5, 0.6) is 0 Å². The van der Waals surface area contributed by atoms with Crippen LogP contribution < -0.4 is 10.6 Å². The fraction of sp³-hybridized carbons (Fsp3) is 0.667. The fourth-order valence-corrected chi connectivity index (χ4v) is 2.18. The maximum absolute atomic E-state index is 11.3. The lowest BCUT2D eigenvalue weighted by atomic mass is 9.96. The largest absolute Gasteiger partial charge is 0.481 e. The molecule has 0 bridgehead atoms. The second kappa shape index (κ2) is 6.93. The summed E-state index contributed by atoms with van der Waals surface area (Å²) in [4.78, 5) is 22.3. The van der Waals surface area contributed by atoms with Gasteiger partial charge in [0.25, 0.3) is 0 Å². The minimum absolute atomic E-state index is 0.0673. The van der Waals surface area contributed by atoms with E-state index < -0.39 is 5.97 Å². The maximum atomic E-state index is 11.3. The first kappa shape index (κ1) is 13.5. The Labute approximate surface area is 101 Å². The molecular weight excluding hydrogens is 220 g/mol. The normalized spacial score (nSPS) is 23.1. The smallest absolute Gasteiger partial charge is 0.314 e. The van der Waals surface area contributed by atoms with Gasteiger partial charge in [-0.3, -0.25) is 4.79 Å². The third-order valence-corrected chi connectivity index (χ3v) is 3.14. The van der Waals surface area contributed by atoms with Crippen LogP contribution >= 0.6 is 0 Å². The number of urea groups is 1. The van der Waals surface area contributed by atoms with Gasteiger partial charge in [0.15, 0.2) is 0 Å². The number of rotatable bonds is 6. The van der Waals surface area contributed by atoms with Gasteiger partial charge in [0.05, 0.1) is 5.92 Å². The summed E-state index contributed by atoms with van der Waals surface area (Å²) in [5, 5.41) is 14.4. The van der Waals surface area contributed by atoms with Gasteiger partial charge in [0.2, 0.25) is 0 Å². The van der Waals surface area contributed by atoms with Crippen molar-refractivity contribution in [2.24, 2.45) is 11.8 Å². The molecule has 0 radical (unpaired) electrons. The Hall–Kier alpha value is -1.52. The van der Waals surface area contributed by atoms with E-state index in [2.05, 4.69) is 17.2 Å². The van der Waals surface area contributed by atoms with Gasteiger partial charge in [-0.1, -0.05) is 12.5 Å². The zero-order valence-corrected chi connectivity index (χ0v) is 9.95. The van der Waals surface area contributed by atoms with Crippen LogP contribution in [0.25, 0.3) is 0 Å². The molecule has 0 spiro atoms. The van der Waals surface area contributed by atoms with E-state index in [9.17, 15) is 9.59 Å². The van der Waals surface area contributed by atoms with Crippen molar-refractivity contribution in [1.29, 1.82) is 0 Å². The highest BCUT2D eigenvalue weighted by atomic mass is 16.4. The zero-order valence-electron chi connectivity index (χ0n) is 9.95. The molecule has 0 aromatic carbocycles. The standard InChI is InChI=1S/C12H20N2O3/c1-2-3-7-13-12(17)14-8-9-5-4-6-10(9)11(15)16/h2,9-10H,1,3-8H2,(H,15,16)(H2,13,14,17). The molecule has 1 aliphatic carbocycles. The van der Waals surface area contributed by atoms with Crippen LogP contribution in [0.3, 0.4) is 0 Å². The van der Waals surface area contributed by atoms with E-state index in [0.29, 0.717) is 13.1 Å². The SMILES string of the molecule is C=CCCNC(=O)NCC1CCCC1C(=O)O. The van der Waals surface area contributed by atoms with Crippen LogP contribution in [0.1, 0.15) is 25.7 Å². The van der Waals surface area contributed by atoms with Gasteiger partial charge >= 0.3 is 12.0 Å². The summed E-state index contributed by atoms with van der Waals surface area (Å²) in [6.45, 7) is 4.56. The minimum Gasteiger partial charge on any atom is -0.481 e. The van der Waals surface area contributed by atoms with Crippen LogP contribution in [0, 0.1) is 11.8 Å². The summed E-state index contributed by atoms with van der Waals surface area (Å²) < 4.78 is 0. The highest BCUT2D eigenvalue weighted by Gasteiger charge is 2.32. The quantitative estimate of drug-likeness (QED) is 0.484. The van der Waals surface area contributed by atoms with Crippen LogP contribution in [-0.2, 0) is 4.79 Å². The number of amides is 2. The summed E-state index contributed by atoms with van der Waals surface area (Å²) in [5.41, 5.74) is 0. The summed E-state index contributed by atoms with van der Waals surface area (Å²) in [6.07, 6.45) is 5.00. The molecule has 0 aliphatic heterocycles. The third kappa shape index (κ3) is 4.46. The van der Waals surface area contributed by atoms with E-state index in [1.165, 1.54) is 0 Å². The van der Waals surface area contributed by atoms with Gasteiger partial charge in [-0.05, 0) is 25.2 Å². The molecule has 17 heavy (non-hydrogen) atoms. The van der Waals surface area contributed by atoms with Gasteiger partial charge in [-0.2, -0.15) is 0 Å². The van der Waals surface area contributed by atoms with Gasteiger partial charge in [-0.25, -0.2) is 4.79 Å². The second-order valence-corrected chi connectivity index (χ2v) is 4.35. The Balaban J connectivity index is 2.23. The van der Waals surface area contributed by atoms with Gasteiger partial charge < -0.3 is 15.7 Å². The summed E-state index contributed by atoms with van der Waals surface area (Å²) in [6, 6.07) is -0.233. The highest BCUT2D eigenvalue weighted by molar-refractivity contribution is 5.74. The monoisotopic (exact) mass is 240 g/mol. The summed E-state index contributed by atoms with van der Waals surface area (Å²) in [7, 11) is 0. The first-order valence-corrected chi connectivity index (χ1v) is 6.00. The molecular formula is C12H20N2O3. The lowest BCUT2D eigenvalue weighted by molar-refractivity contribution is -0.142. The third-order valence-electron chi connectivity index (χ3n) is 3.14. The average molecular weight is 240 g/mol. The van der Waals surface area contributed by atoms with Gasteiger partial charge in [0.1, 0.15) is 0 Å². The molecule has 0 aromatic rings. The lowest BCUT2D eigenvalue weighted by Crippen LogP contribution is -2.40. The number of carboxylic acids is 1. The Morgan fingerprint density at radius 2 is 2.12 bits per heavy atom. The number of hydrogen-bond donors (Lipinski definition) is 3. The Bertz CT molecular complexity index is 291. The maximum Gasteiger partial charge on any atom is 0.314 e. The molecule has 0 saturated heterocycles. The van der Waals surface area contributed by atoms with Crippen molar-refractivity contribution in [2.75, 3.05) is 13.1 Å². The van der Waals surface area contributed by atoms with Crippen molar-refractivity contribution in [2.45, 2.75) is 25.7 Å². The lowest BCUT2D eigenvalue weighted by Gasteiger charge is -2.16. The van der Waals surface area contributed by atoms with Crippen molar-refractivity contribution in [1.82, 2.24) is 10.6 Å². The average Bonchev–Trinajstić information content (AvgIpc) is 2.75. The summed E-state index contributed by atoms with van der Waals surface area (Å²) >= 11 is 0. The van der Waals surface area contributed by atoms with E-state index in [0.717, 1.165) is 25.7 Å². The number of carbonyl (C=O) groups excluding carboxylic acids is 1. The Morgan fingerprint density at radius 1 is 1.35 bits per heavy atom. The van der Waals surface area contributed by atoms with E-state index in [1.54, 1.807) is 6.08 Å². The van der Waals surface area contributed by atoms with Gasteiger partial charge in [-0.15, -0.1) is 6.58 Å². The number of carboxylic acid groups (broad SMARTS) is 1. The Kier molecular flexibility index (Phi) is 5.52. The topological polar surface area (TPSA) is 78.4 Å². The predicted octanol–water partition coefficient (Wildman–Crippen LogP) is 1.36. The molecule has 5 nitrogen and oxygen atoms in total. The van der Waals surface area contributed by atoms with Crippen LogP contribution in [0.4, 0.5) is 4.79 Å². The first-order valence-electron chi connectivity index (χ1n) is 6.00. The van der Waals surface area contributed by atoms with Crippen LogP contribution in [-0.4, -0.2) is 30.2 Å². The molecule has 96 valence electrons. The van der Waals surface area contributed by atoms with Crippen LogP contribution in [0.2, 0.25) is 0 Å². The molecule has 2 atom stereocenters. The van der Waals surface area contributed by atoms with E-state index in [4.69, 9.17) is 5.11 Å². The molecule has 1 saturated carbocycles. The predicted molar refractivity (Wildman–Crippen MR) is 64.7 cm³/mol. The molecule has 5 heteroatoms. The molecule has 1 aliphatic rings. The van der Waals surface area contributed by atoms with E-state index in [-0.39, 0.29) is 17.9 Å². The number of aliphatic carboxylic acids is 1. The molecule has 0 aromatic heterocycles. The molecule has 2 amide bonds. The minimum atomic E-state index is -0.749. The van der Waals surface area contributed by atoms with Gasteiger partial charge in [0, 0.05) is 13.1 Å². The fourth-order valence-electron chi connectivity index (χ4n) is 2.18. The molecule has 1 rings (SSSR count).